The van der Waals surface area contributed by atoms with E-state index in [4.69, 9.17) is 0 Å². The minimum absolute atomic E-state index is 0.0931. The molecule has 0 radical (unpaired) electrons. The third-order valence-electron chi connectivity index (χ3n) is 3.96. The molecular weight excluding hydrogens is 256 g/mol. The van der Waals surface area contributed by atoms with Crippen LogP contribution in [0.25, 0.3) is 0 Å². The van der Waals surface area contributed by atoms with E-state index in [1.54, 1.807) is 6.07 Å². The third-order valence-corrected chi connectivity index (χ3v) is 3.96. The van der Waals surface area contributed by atoms with Gasteiger partial charge < -0.3 is 4.90 Å². The Morgan fingerprint density at radius 2 is 2.15 bits per heavy atom. The van der Waals surface area contributed by atoms with Gasteiger partial charge in [-0.3, -0.25) is 14.9 Å². The van der Waals surface area contributed by atoms with Gasteiger partial charge in [0.25, 0.3) is 5.69 Å². The molecule has 2 rings (SSSR count). The summed E-state index contributed by atoms with van der Waals surface area (Å²) in [6.45, 7) is 6.61. The number of nitro benzene ring substituents is 1. The molecule has 1 saturated heterocycles. The number of rotatable bonds is 4. The number of ketones is 1. The molecular formula is C15H20N2O3. The second kappa shape index (κ2) is 5.61. The lowest BCUT2D eigenvalue weighted by Gasteiger charge is -2.29. The van der Waals surface area contributed by atoms with E-state index in [9.17, 15) is 14.9 Å². The maximum atomic E-state index is 11.5. The summed E-state index contributed by atoms with van der Waals surface area (Å²) in [5.41, 5.74) is 0.932. The fourth-order valence-electron chi connectivity index (χ4n) is 2.95. The van der Waals surface area contributed by atoms with Crippen molar-refractivity contribution in [3.8, 4) is 0 Å². The van der Waals surface area contributed by atoms with Gasteiger partial charge in [0, 0.05) is 24.3 Å². The van der Waals surface area contributed by atoms with Gasteiger partial charge in [0.2, 0.25) is 0 Å². The molecule has 1 aliphatic heterocycles. The molecule has 5 nitrogen and oxygen atoms in total. The standard InChI is InChI=1S/C15H20N2O3/c1-10(2)14-5-4-8-16(14)12-6-7-13(11(3)18)15(9-12)17(19)20/h6-7,9-10,14H,4-5,8H2,1-3H3. The molecule has 0 aromatic heterocycles. The Labute approximate surface area is 118 Å². The zero-order valence-electron chi connectivity index (χ0n) is 12.1. The summed E-state index contributed by atoms with van der Waals surface area (Å²) in [5, 5.41) is 11.1. The van der Waals surface area contributed by atoms with Crippen LogP contribution in [0.5, 0.6) is 0 Å². The van der Waals surface area contributed by atoms with Crippen molar-refractivity contribution >= 4 is 17.2 Å². The highest BCUT2D eigenvalue weighted by Crippen LogP contribution is 2.33. The molecule has 0 saturated carbocycles. The Kier molecular flexibility index (Phi) is 4.06. The van der Waals surface area contributed by atoms with Crippen LogP contribution in [0.2, 0.25) is 0 Å². The molecule has 1 heterocycles. The number of hydrogen-bond acceptors (Lipinski definition) is 4. The van der Waals surface area contributed by atoms with Crippen LogP contribution in [0, 0.1) is 16.0 Å². The number of hydrogen-bond donors (Lipinski definition) is 0. The largest absolute Gasteiger partial charge is 0.368 e. The SMILES string of the molecule is CC(=O)c1ccc(N2CCCC2C(C)C)cc1[N+](=O)[O-]. The van der Waals surface area contributed by atoms with Crippen molar-refractivity contribution < 1.29 is 9.72 Å². The Morgan fingerprint density at radius 3 is 2.70 bits per heavy atom. The summed E-state index contributed by atoms with van der Waals surface area (Å²) in [7, 11) is 0. The Bertz CT molecular complexity index is 540. The Hall–Kier alpha value is -1.91. The van der Waals surface area contributed by atoms with Crippen molar-refractivity contribution in [1.82, 2.24) is 0 Å². The molecule has 1 aromatic rings. The number of anilines is 1. The first-order valence-electron chi connectivity index (χ1n) is 6.98. The van der Waals surface area contributed by atoms with Crippen LogP contribution in [0.4, 0.5) is 11.4 Å². The third kappa shape index (κ3) is 2.66. The van der Waals surface area contributed by atoms with Crippen molar-refractivity contribution in [3.63, 3.8) is 0 Å². The molecule has 108 valence electrons. The molecule has 1 unspecified atom stereocenters. The number of nitro groups is 1. The van der Waals surface area contributed by atoms with E-state index in [1.807, 2.05) is 6.07 Å². The highest BCUT2D eigenvalue weighted by atomic mass is 16.6. The van der Waals surface area contributed by atoms with Crippen LogP contribution in [0.1, 0.15) is 44.0 Å². The Morgan fingerprint density at radius 1 is 1.45 bits per heavy atom. The van der Waals surface area contributed by atoms with Crippen LogP contribution >= 0.6 is 0 Å². The predicted molar refractivity (Wildman–Crippen MR) is 78.3 cm³/mol. The maximum Gasteiger partial charge on any atom is 0.282 e. The van der Waals surface area contributed by atoms with E-state index >= 15 is 0 Å². The van der Waals surface area contributed by atoms with Crippen molar-refractivity contribution in [3.05, 3.63) is 33.9 Å². The van der Waals surface area contributed by atoms with E-state index < -0.39 is 4.92 Å². The van der Waals surface area contributed by atoms with Gasteiger partial charge in [0.1, 0.15) is 0 Å². The van der Waals surface area contributed by atoms with Gasteiger partial charge in [-0.05, 0) is 37.8 Å². The first kappa shape index (κ1) is 14.5. The zero-order valence-corrected chi connectivity index (χ0v) is 12.1. The van der Waals surface area contributed by atoms with Crippen LogP contribution in [0.15, 0.2) is 18.2 Å². The van der Waals surface area contributed by atoms with E-state index in [-0.39, 0.29) is 17.0 Å². The number of carbonyl (C=O) groups is 1. The quantitative estimate of drug-likeness (QED) is 0.480. The zero-order chi connectivity index (χ0) is 14.9. The summed E-state index contributed by atoms with van der Waals surface area (Å²) in [4.78, 5) is 24.4. The lowest BCUT2D eigenvalue weighted by molar-refractivity contribution is -0.385. The molecule has 1 aromatic carbocycles. The molecule has 20 heavy (non-hydrogen) atoms. The van der Waals surface area contributed by atoms with Gasteiger partial charge in [0.05, 0.1) is 10.5 Å². The second-order valence-electron chi connectivity index (χ2n) is 5.66. The Balaban J connectivity index is 2.41. The second-order valence-corrected chi connectivity index (χ2v) is 5.66. The first-order chi connectivity index (χ1) is 9.41. The van der Waals surface area contributed by atoms with E-state index in [1.165, 1.54) is 13.0 Å². The summed E-state index contributed by atoms with van der Waals surface area (Å²) in [6, 6.07) is 5.35. The molecule has 0 bridgehead atoms. The summed E-state index contributed by atoms with van der Waals surface area (Å²) in [5.74, 6) is 0.231. The van der Waals surface area contributed by atoms with Gasteiger partial charge in [-0.2, -0.15) is 0 Å². The number of carbonyl (C=O) groups excluding carboxylic acids is 1. The minimum Gasteiger partial charge on any atom is -0.368 e. The van der Waals surface area contributed by atoms with E-state index in [0.29, 0.717) is 12.0 Å². The number of benzene rings is 1. The molecule has 5 heteroatoms. The average Bonchev–Trinajstić information content (AvgIpc) is 2.87. The van der Waals surface area contributed by atoms with Crippen LogP contribution in [-0.4, -0.2) is 23.3 Å². The summed E-state index contributed by atoms with van der Waals surface area (Å²) >= 11 is 0. The molecule has 1 aliphatic rings. The fourth-order valence-corrected chi connectivity index (χ4v) is 2.95. The van der Waals surface area contributed by atoms with Crippen molar-refractivity contribution in [2.75, 3.05) is 11.4 Å². The summed E-state index contributed by atoms with van der Waals surface area (Å²) < 4.78 is 0. The van der Waals surface area contributed by atoms with Crippen molar-refractivity contribution in [2.24, 2.45) is 5.92 Å². The molecule has 0 N–H and O–H groups in total. The average molecular weight is 276 g/mol. The lowest BCUT2D eigenvalue weighted by Crippen LogP contribution is -2.33. The van der Waals surface area contributed by atoms with E-state index in [0.717, 1.165) is 25.1 Å². The van der Waals surface area contributed by atoms with Gasteiger partial charge in [-0.25, -0.2) is 0 Å². The van der Waals surface area contributed by atoms with Crippen LogP contribution in [-0.2, 0) is 0 Å². The van der Waals surface area contributed by atoms with Gasteiger partial charge in [-0.15, -0.1) is 0 Å². The number of nitrogens with zero attached hydrogens (tertiary/aromatic N) is 2. The molecule has 1 atom stereocenters. The monoisotopic (exact) mass is 276 g/mol. The number of Topliss-reactive ketones (excluding diaryl/α,β-unsaturated/α-hetero) is 1. The normalized spacial score (nSPS) is 18.6. The maximum absolute atomic E-state index is 11.5. The predicted octanol–water partition coefficient (Wildman–Crippen LogP) is 3.42. The first-order valence-corrected chi connectivity index (χ1v) is 6.98. The van der Waals surface area contributed by atoms with Gasteiger partial charge >= 0.3 is 0 Å². The molecule has 1 fully saturated rings. The van der Waals surface area contributed by atoms with Crippen LogP contribution in [0.3, 0.4) is 0 Å². The van der Waals surface area contributed by atoms with E-state index in [2.05, 4.69) is 18.7 Å². The molecule has 0 aliphatic carbocycles. The van der Waals surface area contributed by atoms with Gasteiger partial charge in [0.15, 0.2) is 5.78 Å². The molecule has 0 amide bonds. The van der Waals surface area contributed by atoms with Crippen molar-refractivity contribution in [2.45, 2.75) is 39.7 Å². The highest BCUT2D eigenvalue weighted by molar-refractivity contribution is 5.98. The lowest BCUT2D eigenvalue weighted by atomic mass is 10.0. The topological polar surface area (TPSA) is 63.5 Å². The minimum atomic E-state index is -0.472. The van der Waals surface area contributed by atoms with Crippen molar-refractivity contribution in [1.29, 1.82) is 0 Å². The van der Waals surface area contributed by atoms with Gasteiger partial charge in [-0.1, -0.05) is 13.8 Å². The summed E-state index contributed by atoms with van der Waals surface area (Å²) in [6.07, 6.45) is 2.21. The fraction of sp³-hybridized carbons (Fsp3) is 0.533. The van der Waals surface area contributed by atoms with Crippen LogP contribution < -0.4 is 4.90 Å². The highest BCUT2D eigenvalue weighted by Gasteiger charge is 2.29. The molecule has 0 spiro atoms. The smallest absolute Gasteiger partial charge is 0.282 e.